The molecule has 1 aromatic rings. The second-order valence-corrected chi connectivity index (χ2v) is 5.79. The fraction of sp³-hybridized carbons (Fsp3) is 0.500. The van der Waals surface area contributed by atoms with Crippen LogP contribution in [0, 0.1) is 5.92 Å². The fourth-order valence-electron chi connectivity index (χ4n) is 2.27. The van der Waals surface area contributed by atoms with E-state index in [2.05, 4.69) is 0 Å². The van der Waals surface area contributed by atoms with Gasteiger partial charge < -0.3 is 10.0 Å². The number of hydrogen-bond acceptors (Lipinski definition) is 3. The van der Waals surface area contributed by atoms with Gasteiger partial charge in [-0.25, -0.2) is 0 Å². The maximum atomic E-state index is 12.2. The Morgan fingerprint density at radius 3 is 2.50 bits per heavy atom. The third kappa shape index (κ3) is 3.06. The van der Waals surface area contributed by atoms with Gasteiger partial charge in [-0.1, -0.05) is 0 Å². The molecule has 0 bridgehead atoms. The highest BCUT2D eigenvalue weighted by Gasteiger charge is 2.29. The molecule has 1 N–H and O–H groups in total. The molecular weight excluding hydrogens is 246 g/mol. The molecule has 0 aliphatic heterocycles. The van der Waals surface area contributed by atoms with Crippen LogP contribution in [0.1, 0.15) is 23.2 Å². The molecule has 1 aliphatic carbocycles. The normalized spacial score (nSPS) is 22.4. The standard InChI is InChI=1S/C14H19NO2S/c1-15(9-10-7-12(16)8-10)14(17)11-3-5-13(18-2)6-4-11/h3-6,10,12,16H,7-9H2,1-2H3. The smallest absolute Gasteiger partial charge is 0.253 e. The predicted octanol–water partition coefficient (Wildman–Crippen LogP) is 2.25. The number of thioether (sulfide) groups is 1. The topological polar surface area (TPSA) is 40.5 Å². The van der Waals surface area contributed by atoms with Crippen molar-refractivity contribution in [3.63, 3.8) is 0 Å². The van der Waals surface area contributed by atoms with Gasteiger partial charge >= 0.3 is 0 Å². The number of carbonyl (C=O) groups excluding carboxylic acids is 1. The molecule has 0 heterocycles. The molecular formula is C14H19NO2S. The molecule has 0 saturated heterocycles. The highest BCUT2D eigenvalue weighted by atomic mass is 32.2. The van der Waals surface area contributed by atoms with Crippen molar-refractivity contribution < 1.29 is 9.90 Å². The number of nitrogens with zero attached hydrogens (tertiary/aromatic N) is 1. The third-order valence-electron chi connectivity index (χ3n) is 3.43. The molecule has 0 radical (unpaired) electrons. The van der Waals surface area contributed by atoms with Crippen LogP contribution in [0.25, 0.3) is 0 Å². The molecule has 0 spiro atoms. The molecule has 1 saturated carbocycles. The quantitative estimate of drug-likeness (QED) is 0.849. The minimum atomic E-state index is -0.153. The minimum absolute atomic E-state index is 0.0593. The SMILES string of the molecule is CSc1ccc(C(=O)N(C)CC2CC(O)C2)cc1. The first-order chi connectivity index (χ1) is 8.60. The predicted molar refractivity (Wildman–Crippen MR) is 73.9 cm³/mol. The van der Waals surface area contributed by atoms with Gasteiger partial charge in [0, 0.05) is 24.1 Å². The average molecular weight is 265 g/mol. The largest absolute Gasteiger partial charge is 0.393 e. The van der Waals surface area contributed by atoms with Crippen molar-refractivity contribution >= 4 is 17.7 Å². The maximum Gasteiger partial charge on any atom is 0.253 e. The van der Waals surface area contributed by atoms with E-state index in [1.54, 1.807) is 16.7 Å². The Labute approximate surface area is 112 Å². The Morgan fingerprint density at radius 1 is 1.39 bits per heavy atom. The summed E-state index contributed by atoms with van der Waals surface area (Å²) in [5, 5.41) is 9.24. The number of amides is 1. The van der Waals surface area contributed by atoms with Gasteiger partial charge in [0.15, 0.2) is 0 Å². The van der Waals surface area contributed by atoms with Crippen LogP contribution in [-0.4, -0.2) is 41.9 Å². The van der Waals surface area contributed by atoms with Gasteiger partial charge in [-0.15, -0.1) is 11.8 Å². The Bertz CT molecular complexity index is 412. The first-order valence-electron chi connectivity index (χ1n) is 6.17. The van der Waals surface area contributed by atoms with E-state index in [-0.39, 0.29) is 12.0 Å². The van der Waals surface area contributed by atoms with Crippen LogP contribution in [0.2, 0.25) is 0 Å². The number of rotatable bonds is 4. The van der Waals surface area contributed by atoms with E-state index in [0.29, 0.717) is 5.92 Å². The van der Waals surface area contributed by atoms with Gasteiger partial charge in [0.25, 0.3) is 5.91 Å². The summed E-state index contributed by atoms with van der Waals surface area (Å²) < 4.78 is 0. The van der Waals surface area contributed by atoms with Gasteiger partial charge in [-0.05, 0) is 49.3 Å². The molecule has 2 rings (SSSR count). The minimum Gasteiger partial charge on any atom is -0.393 e. The molecule has 0 aromatic heterocycles. The van der Waals surface area contributed by atoms with Gasteiger partial charge in [0.05, 0.1) is 6.10 Å². The third-order valence-corrected chi connectivity index (χ3v) is 4.17. The molecule has 98 valence electrons. The first kappa shape index (κ1) is 13.4. The zero-order valence-electron chi connectivity index (χ0n) is 10.8. The average Bonchev–Trinajstić information content (AvgIpc) is 2.36. The molecule has 0 unspecified atom stereocenters. The van der Waals surface area contributed by atoms with E-state index in [0.717, 1.165) is 29.8 Å². The Morgan fingerprint density at radius 2 is 2.00 bits per heavy atom. The van der Waals surface area contributed by atoms with E-state index < -0.39 is 0 Å². The van der Waals surface area contributed by atoms with Crippen LogP contribution < -0.4 is 0 Å². The van der Waals surface area contributed by atoms with Crippen LogP contribution in [-0.2, 0) is 0 Å². The van der Waals surface area contributed by atoms with Crippen molar-refractivity contribution in [3.05, 3.63) is 29.8 Å². The van der Waals surface area contributed by atoms with E-state index in [1.165, 1.54) is 0 Å². The van der Waals surface area contributed by atoms with Gasteiger partial charge in [0.2, 0.25) is 0 Å². The number of carbonyl (C=O) groups is 1. The van der Waals surface area contributed by atoms with Gasteiger partial charge in [-0.2, -0.15) is 0 Å². The molecule has 1 amide bonds. The second kappa shape index (κ2) is 5.76. The van der Waals surface area contributed by atoms with E-state index in [4.69, 9.17) is 0 Å². The summed E-state index contributed by atoms with van der Waals surface area (Å²) in [5.41, 5.74) is 0.732. The summed E-state index contributed by atoms with van der Waals surface area (Å²) in [6, 6.07) is 7.69. The summed E-state index contributed by atoms with van der Waals surface area (Å²) in [4.78, 5) is 15.1. The number of benzene rings is 1. The van der Waals surface area contributed by atoms with Crippen LogP contribution in [0.3, 0.4) is 0 Å². The Hall–Kier alpha value is -1.00. The number of aliphatic hydroxyl groups excluding tert-OH is 1. The maximum absolute atomic E-state index is 12.2. The van der Waals surface area contributed by atoms with Gasteiger partial charge in [0.1, 0.15) is 0 Å². The lowest BCUT2D eigenvalue weighted by Crippen LogP contribution is -2.39. The van der Waals surface area contributed by atoms with Gasteiger partial charge in [-0.3, -0.25) is 4.79 Å². The zero-order valence-corrected chi connectivity index (χ0v) is 11.6. The molecule has 4 heteroatoms. The summed E-state index contributed by atoms with van der Waals surface area (Å²) in [7, 11) is 1.83. The summed E-state index contributed by atoms with van der Waals surface area (Å²) >= 11 is 1.67. The summed E-state index contributed by atoms with van der Waals surface area (Å²) in [6.45, 7) is 0.736. The highest BCUT2D eigenvalue weighted by Crippen LogP contribution is 2.28. The molecule has 1 fully saturated rings. The summed E-state index contributed by atoms with van der Waals surface area (Å²) in [6.07, 6.45) is 3.51. The van der Waals surface area contributed by atoms with Crippen molar-refractivity contribution in [2.45, 2.75) is 23.8 Å². The van der Waals surface area contributed by atoms with E-state index >= 15 is 0 Å². The highest BCUT2D eigenvalue weighted by molar-refractivity contribution is 7.98. The van der Waals surface area contributed by atoms with Crippen molar-refractivity contribution in [2.75, 3.05) is 19.8 Å². The zero-order chi connectivity index (χ0) is 13.1. The molecule has 1 aromatic carbocycles. The fourth-order valence-corrected chi connectivity index (χ4v) is 2.68. The van der Waals surface area contributed by atoms with Crippen molar-refractivity contribution in [2.24, 2.45) is 5.92 Å². The number of aliphatic hydroxyl groups is 1. The van der Waals surface area contributed by atoms with Crippen LogP contribution >= 0.6 is 11.8 Å². The molecule has 3 nitrogen and oxygen atoms in total. The van der Waals surface area contributed by atoms with E-state index in [9.17, 15) is 9.90 Å². The van der Waals surface area contributed by atoms with Crippen molar-refractivity contribution in [3.8, 4) is 0 Å². The monoisotopic (exact) mass is 265 g/mol. The molecule has 0 atom stereocenters. The lowest BCUT2D eigenvalue weighted by molar-refractivity contribution is 0.0265. The Balaban J connectivity index is 1.92. The molecule has 1 aliphatic rings. The van der Waals surface area contributed by atoms with Crippen molar-refractivity contribution in [1.29, 1.82) is 0 Å². The van der Waals surface area contributed by atoms with Crippen LogP contribution in [0.5, 0.6) is 0 Å². The van der Waals surface area contributed by atoms with Crippen LogP contribution in [0.15, 0.2) is 29.2 Å². The van der Waals surface area contributed by atoms with Crippen molar-refractivity contribution in [1.82, 2.24) is 4.90 Å². The molecule has 18 heavy (non-hydrogen) atoms. The first-order valence-corrected chi connectivity index (χ1v) is 7.40. The lowest BCUT2D eigenvalue weighted by Gasteiger charge is -2.34. The lowest BCUT2D eigenvalue weighted by atomic mass is 9.82. The van der Waals surface area contributed by atoms with Crippen LogP contribution in [0.4, 0.5) is 0 Å². The van der Waals surface area contributed by atoms with E-state index in [1.807, 2.05) is 37.6 Å². The second-order valence-electron chi connectivity index (χ2n) is 4.91. The Kier molecular flexibility index (Phi) is 4.30. The summed E-state index contributed by atoms with van der Waals surface area (Å²) in [5.74, 6) is 0.517. The number of hydrogen-bond donors (Lipinski definition) is 1.